The first-order chi connectivity index (χ1) is 13.6. The van der Waals surface area contributed by atoms with Crippen molar-refractivity contribution >= 4 is 17.4 Å². The van der Waals surface area contributed by atoms with Crippen LogP contribution < -0.4 is 9.80 Å². The third-order valence-corrected chi connectivity index (χ3v) is 7.07. The van der Waals surface area contributed by atoms with E-state index in [1.807, 2.05) is 24.3 Å². The number of fused-ring (bicyclic) bond motifs is 1. The van der Waals surface area contributed by atoms with Gasteiger partial charge in [-0.05, 0) is 62.8 Å². The number of Topliss-reactive ketones (excluding diaryl/α,β-unsaturated/α-hetero) is 1. The van der Waals surface area contributed by atoms with Gasteiger partial charge in [-0.1, -0.05) is 12.8 Å². The highest BCUT2D eigenvalue weighted by atomic mass is 16.2. The van der Waals surface area contributed by atoms with Gasteiger partial charge in [0.15, 0.2) is 12.3 Å². The molecule has 2 saturated heterocycles. The van der Waals surface area contributed by atoms with Crippen LogP contribution in [0.3, 0.4) is 0 Å². The number of piperazine rings is 1. The van der Waals surface area contributed by atoms with Crippen molar-refractivity contribution in [3.63, 3.8) is 0 Å². The maximum Gasteiger partial charge on any atom is 0.278 e. The van der Waals surface area contributed by atoms with Crippen molar-refractivity contribution in [1.82, 2.24) is 4.90 Å². The van der Waals surface area contributed by atoms with E-state index in [1.54, 1.807) is 6.92 Å². The summed E-state index contributed by atoms with van der Waals surface area (Å²) in [5.74, 6) is 1.25. The van der Waals surface area contributed by atoms with Gasteiger partial charge in [0.05, 0.1) is 26.2 Å². The minimum absolute atomic E-state index is 0.109. The van der Waals surface area contributed by atoms with Gasteiger partial charge in [-0.15, -0.1) is 0 Å². The number of hydrogen-bond donors (Lipinski definition) is 1. The summed E-state index contributed by atoms with van der Waals surface area (Å²) in [6, 6.07) is 8.44. The van der Waals surface area contributed by atoms with E-state index in [0.29, 0.717) is 18.5 Å². The molecule has 3 aliphatic rings. The van der Waals surface area contributed by atoms with Crippen molar-refractivity contribution in [2.75, 3.05) is 44.2 Å². The molecule has 0 aromatic heterocycles. The van der Waals surface area contributed by atoms with Crippen LogP contribution >= 0.6 is 0 Å². The average molecular weight is 385 g/mol. The highest BCUT2D eigenvalue weighted by molar-refractivity contribution is 5.94. The highest BCUT2D eigenvalue weighted by Gasteiger charge is 2.37. The zero-order valence-corrected chi connectivity index (χ0v) is 17.2. The Balaban J connectivity index is 1.29. The van der Waals surface area contributed by atoms with Crippen molar-refractivity contribution in [3.05, 3.63) is 29.8 Å². The fourth-order valence-corrected chi connectivity index (χ4v) is 5.41. The number of nitrogens with zero attached hydrogens (tertiary/aromatic N) is 2. The molecule has 1 aromatic carbocycles. The molecule has 2 atom stereocenters. The fourth-order valence-electron chi connectivity index (χ4n) is 5.41. The van der Waals surface area contributed by atoms with E-state index in [1.165, 1.54) is 49.1 Å². The average Bonchev–Trinajstić information content (AvgIpc) is 2.74. The lowest BCUT2D eigenvalue weighted by Crippen LogP contribution is -3.16. The summed E-state index contributed by atoms with van der Waals surface area (Å²) >= 11 is 0. The number of benzene rings is 1. The smallest absolute Gasteiger partial charge is 0.278 e. The summed E-state index contributed by atoms with van der Waals surface area (Å²) in [5, 5.41) is 0. The number of nitrogens with one attached hydrogen (secondary N) is 1. The number of likely N-dealkylation sites (tertiary alicyclic amines) is 1. The predicted molar refractivity (Wildman–Crippen MR) is 111 cm³/mol. The zero-order valence-electron chi connectivity index (χ0n) is 17.2. The van der Waals surface area contributed by atoms with Crippen molar-refractivity contribution in [2.45, 2.75) is 51.5 Å². The van der Waals surface area contributed by atoms with Gasteiger partial charge in [-0.2, -0.15) is 0 Å². The highest BCUT2D eigenvalue weighted by Crippen LogP contribution is 2.35. The molecule has 4 rings (SSSR count). The molecule has 28 heavy (non-hydrogen) atoms. The molecule has 1 amide bonds. The van der Waals surface area contributed by atoms with Crippen LogP contribution in [-0.4, -0.2) is 61.9 Å². The molecule has 1 aliphatic carbocycles. The van der Waals surface area contributed by atoms with Gasteiger partial charge in [0.2, 0.25) is 0 Å². The van der Waals surface area contributed by atoms with E-state index in [9.17, 15) is 9.59 Å². The molecule has 2 heterocycles. The lowest BCUT2D eigenvalue weighted by atomic mass is 9.78. The normalized spacial score (nSPS) is 26.0. The molecule has 3 fully saturated rings. The minimum Gasteiger partial charge on any atom is -0.360 e. The van der Waals surface area contributed by atoms with Crippen LogP contribution in [0.15, 0.2) is 24.3 Å². The Kier molecular flexibility index (Phi) is 6.00. The van der Waals surface area contributed by atoms with E-state index < -0.39 is 0 Å². The van der Waals surface area contributed by atoms with Crippen LogP contribution in [0, 0.1) is 5.92 Å². The molecule has 0 radical (unpaired) electrons. The van der Waals surface area contributed by atoms with E-state index in [0.717, 1.165) is 44.2 Å². The lowest BCUT2D eigenvalue weighted by Gasteiger charge is -2.44. The maximum absolute atomic E-state index is 13.0. The van der Waals surface area contributed by atoms with Crippen LogP contribution in [0.25, 0.3) is 0 Å². The van der Waals surface area contributed by atoms with Crippen LogP contribution in [0.5, 0.6) is 0 Å². The van der Waals surface area contributed by atoms with Gasteiger partial charge in [0.25, 0.3) is 5.91 Å². The van der Waals surface area contributed by atoms with E-state index in [2.05, 4.69) is 9.80 Å². The predicted octanol–water partition coefficient (Wildman–Crippen LogP) is 1.78. The van der Waals surface area contributed by atoms with E-state index >= 15 is 0 Å². The summed E-state index contributed by atoms with van der Waals surface area (Å²) < 4.78 is 0. The van der Waals surface area contributed by atoms with Gasteiger partial charge in [0, 0.05) is 23.8 Å². The van der Waals surface area contributed by atoms with Gasteiger partial charge in [-0.3, -0.25) is 9.59 Å². The first kappa shape index (κ1) is 19.4. The Morgan fingerprint density at radius 1 is 0.964 bits per heavy atom. The largest absolute Gasteiger partial charge is 0.360 e. The molecule has 0 unspecified atom stereocenters. The molecule has 5 heteroatoms. The Morgan fingerprint density at radius 3 is 2.36 bits per heavy atom. The third kappa shape index (κ3) is 4.24. The molecule has 1 N–H and O–H groups in total. The topological polar surface area (TPSA) is 45.1 Å². The van der Waals surface area contributed by atoms with Crippen molar-refractivity contribution < 1.29 is 14.5 Å². The summed E-state index contributed by atoms with van der Waals surface area (Å²) in [4.78, 5) is 30.5. The Hall–Kier alpha value is -1.88. The quantitative estimate of drug-likeness (QED) is 0.805. The molecule has 5 nitrogen and oxygen atoms in total. The van der Waals surface area contributed by atoms with Gasteiger partial charge < -0.3 is 14.7 Å². The number of carbonyl (C=O) groups excluding carboxylic acids is 2. The van der Waals surface area contributed by atoms with Crippen molar-refractivity contribution in [2.24, 2.45) is 5.92 Å². The lowest BCUT2D eigenvalue weighted by molar-refractivity contribution is -0.892. The molecule has 152 valence electrons. The molecule has 0 bridgehead atoms. The van der Waals surface area contributed by atoms with E-state index in [-0.39, 0.29) is 5.78 Å². The monoisotopic (exact) mass is 384 g/mol. The molecule has 1 saturated carbocycles. The summed E-state index contributed by atoms with van der Waals surface area (Å²) in [5.41, 5.74) is 1.94. The fraction of sp³-hybridized carbons (Fsp3) is 0.652. The van der Waals surface area contributed by atoms with Gasteiger partial charge in [0.1, 0.15) is 0 Å². The van der Waals surface area contributed by atoms with Crippen LogP contribution in [0.4, 0.5) is 5.69 Å². The number of carbonyl (C=O) groups is 2. The second-order valence-electron chi connectivity index (χ2n) is 8.86. The summed E-state index contributed by atoms with van der Waals surface area (Å²) in [7, 11) is 0. The van der Waals surface area contributed by atoms with Crippen molar-refractivity contribution in [3.8, 4) is 0 Å². The Bertz CT molecular complexity index is 692. The Morgan fingerprint density at radius 2 is 1.64 bits per heavy atom. The zero-order chi connectivity index (χ0) is 19.5. The molecular formula is C23H34N3O2+. The Labute approximate surface area is 168 Å². The van der Waals surface area contributed by atoms with Crippen LogP contribution in [0.1, 0.15) is 55.8 Å². The molecule has 1 aromatic rings. The standard InChI is InChI=1S/C23H33N3O2/c1-18(27)19-8-10-21(11-9-19)25-15-13-24(14-16-25)17-23(28)26-12-4-6-20-5-2-3-7-22(20)26/h8-11,20,22H,2-7,12-17H2,1H3/p+1/t20-,22-/m1/s1. The number of quaternary nitrogens is 1. The molecule has 2 aliphatic heterocycles. The summed E-state index contributed by atoms with van der Waals surface area (Å²) in [6.45, 7) is 7.17. The molecule has 0 spiro atoms. The molecular weight excluding hydrogens is 350 g/mol. The summed E-state index contributed by atoms with van der Waals surface area (Å²) in [6.07, 6.45) is 7.69. The number of piperidine rings is 1. The second kappa shape index (κ2) is 8.64. The number of amides is 1. The number of rotatable bonds is 4. The minimum atomic E-state index is 0.109. The van der Waals surface area contributed by atoms with Crippen LogP contribution in [0.2, 0.25) is 0 Å². The van der Waals surface area contributed by atoms with Gasteiger partial charge in [-0.25, -0.2) is 0 Å². The van der Waals surface area contributed by atoms with Crippen LogP contribution in [-0.2, 0) is 4.79 Å². The number of ketones is 1. The number of anilines is 1. The van der Waals surface area contributed by atoms with E-state index in [4.69, 9.17) is 0 Å². The maximum atomic E-state index is 13.0. The van der Waals surface area contributed by atoms with Gasteiger partial charge >= 0.3 is 0 Å². The number of hydrogen-bond acceptors (Lipinski definition) is 3. The first-order valence-electron chi connectivity index (χ1n) is 11.1. The SMILES string of the molecule is CC(=O)c1ccc(N2CC[NH+](CC(=O)N3CCC[C@H]4CCCC[C@H]43)CC2)cc1. The van der Waals surface area contributed by atoms with Crippen molar-refractivity contribution in [1.29, 1.82) is 0 Å². The first-order valence-corrected chi connectivity index (χ1v) is 11.1. The second-order valence-corrected chi connectivity index (χ2v) is 8.86. The third-order valence-electron chi connectivity index (χ3n) is 7.07.